The highest BCUT2D eigenvalue weighted by Gasteiger charge is 2.31. The second-order valence-electron chi connectivity index (χ2n) is 6.80. The summed E-state index contributed by atoms with van der Waals surface area (Å²) in [5.41, 5.74) is 0.240. The zero-order valence-electron chi connectivity index (χ0n) is 16.7. The van der Waals surface area contributed by atoms with Gasteiger partial charge in [0.1, 0.15) is 5.75 Å². The second kappa shape index (κ2) is 10.5. The van der Waals surface area contributed by atoms with Crippen molar-refractivity contribution in [3.63, 3.8) is 0 Å². The Hall–Kier alpha value is -2.29. The highest BCUT2D eigenvalue weighted by Crippen LogP contribution is 2.24. The molecule has 1 atom stereocenters. The first-order valence-electron chi connectivity index (χ1n) is 9.78. The van der Waals surface area contributed by atoms with E-state index in [0.717, 1.165) is 38.1 Å². The van der Waals surface area contributed by atoms with Crippen molar-refractivity contribution in [2.24, 2.45) is 0 Å². The number of ether oxygens (including phenoxy) is 2. The predicted molar refractivity (Wildman–Crippen MR) is 101 cm³/mol. The van der Waals surface area contributed by atoms with Crippen LogP contribution in [0, 0.1) is 0 Å². The van der Waals surface area contributed by atoms with Crippen molar-refractivity contribution in [1.82, 2.24) is 9.80 Å². The molecule has 1 amide bonds. The number of amides is 1. The quantitative estimate of drug-likeness (QED) is 0.577. The minimum Gasteiger partial charge on any atom is -0.466 e. The van der Waals surface area contributed by atoms with E-state index in [1.165, 1.54) is 12.1 Å². The maximum Gasteiger partial charge on any atom is 0.573 e. The van der Waals surface area contributed by atoms with Crippen LogP contribution in [0.4, 0.5) is 13.2 Å². The molecule has 1 fully saturated rings. The topological polar surface area (TPSA) is 59.1 Å². The summed E-state index contributed by atoms with van der Waals surface area (Å²) in [6, 6.07) is 5.01. The predicted octanol–water partition coefficient (Wildman–Crippen LogP) is 3.46. The Bertz CT molecular complexity index is 679. The van der Waals surface area contributed by atoms with Gasteiger partial charge < -0.3 is 14.4 Å². The molecule has 0 bridgehead atoms. The van der Waals surface area contributed by atoms with Crippen LogP contribution in [0.1, 0.15) is 43.5 Å². The fraction of sp³-hybridized carbons (Fsp3) is 0.600. The highest BCUT2D eigenvalue weighted by atomic mass is 19.4. The van der Waals surface area contributed by atoms with Crippen LogP contribution >= 0.6 is 0 Å². The lowest BCUT2D eigenvalue weighted by Crippen LogP contribution is -2.44. The molecular weight excluding hydrogens is 389 g/mol. The number of nitrogens with zero attached hydrogens (tertiary/aromatic N) is 2. The number of likely N-dealkylation sites (N-methyl/N-ethyl adjacent to an activating group) is 1. The number of carbonyl (C=O) groups excluding carboxylic acids is 2. The molecule has 29 heavy (non-hydrogen) atoms. The standard InChI is InChI=1S/C20H27F3N2O4/c1-3-24-12-5-6-16(24)14-25(13-11-18(26)28-4-2)19(27)15-7-9-17(10-8-15)29-20(21,22)23/h7-10,16H,3-6,11-14H2,1-2H3. The van der Waals surface area contributed by atoms with Crippen molar-refractivity contribution >= 4 is 11.9 Å². The molecule has 1 aromatic rings. The van der Waals surface area contributed by atoms with Crippen molar-refractivity contribution in [3.05, 3.63) is 29.8 Å². The number of hydrogen-bond acceptors (Lipinski definition) is 5. The van der Waals surface area contributed by atoms with E-state index >= 15 is 0 Å². The number of hydrogen-bond donors (Lipinski definition) is 0. The van der Waals surface area contributed by atoms with E-state index in [4.69, 9.17) is 4.74 Å². The molecule has 1 aliphatic heterocycles. The third-order valence-corrected chi connectivity index (χ3v) is 4.85. The number of benzene rings is 1. The SMILES string of the molecule is CCOC(=O)CCN(CC1CCCN1CC)C(=O)c1ccc(OC(F)(F)F)cc1. The van der Waals surface area contributed by atoms with Gasteiger partial charge in [-0.3, -0.25) is 14.5 Å². The Morgan fingerprint density at radius 1 is 1.21 bits per heavy atom. The van der Waals surface area contributed by atoms with E-state index in [0.29, 0.717) is 6.54 Å². The smallest absolute Gasteiger partial charge is 0.466 e. The Balaban J connectivity index is 2.11. The number of carbonyl (C=O) groups is 2. The van der Waals surface area contributed by atoms with Gasteiger partial charge in [0.25, 0.3) is 5.91 Å². The fourth-order valence-electron chi connectivity index (χ4n) is 3.49. The van der Waals surface area contributed by atoms with Crippen LogP contribution in [0.5, 0.6) is 5.75 Å². The van der Waals surface area contributed by atoms with Crippen LogP contribution in [-0.2, 0) is 9.53 Å². The first kappa shape index (κ1) is 23.0. The highest BCUT2D eigenvalue weighted by molar-refractivity contribution is 5.94. The van der Waals surface area contributed by atoms with Gasteiger partial charge in [-0.25, -0.2) is 0 Å². The van der Waals surface area contributed by atoms with Crippen LogP contribution < -0.4 is 4.74 Å². The molecule has 0 N–H and O–H groups in total. The summed E-state index contributed by atoms with van der Waals surface area (Å²) < 4.78 is 45.7. The molecule has 0 saturated carbocycles. The molecular formula is C20H27F3N2O4. The van der Waals surface area contributed by atoms with Crippen LogP contribution in [0.3, 0.4) is 0 Å². The third kappa shape index (κ3) is 7.23. The minimum absolute atomic E-state index is 0.0632. The average molecular weight is 416 g/mol. The van der Waals surface area contributed by atoms with Gasteiger partial charge in [-0.2, -0.15) is 0 Å². The van der Waals surface area contributed by atoms with Crippen molar-refractivity contribution in [3.8, 4) is 5.75 Å². The van der Waals surface area contributed by atoms with E-state index in [1.807, 2.05) is 0 Å². The van der Waals surface area contributed by atoms with E-state index in [9.17, 15) is 22.8 Å². The zero-order valence-corrected chi connectivity index (χ0v) is 16.7. The number of alkyl halides is 3. The summed E-state index contributed by atoms with van der Waals surface area (Å²) in [5, 5.41) is 0. The Labute approximate surface area is 168 Å². The minimum atomic E-state index is -4.79. The molecule has 0 spiro atoms. The largest absolute Gasteiger partial charge is 0.573 e. The summed E-state index contributed by atoms with van der Waals surface area (Å²) in [6.07, 6.45) is -2.73. The summed E-state index contributed by atoms with van der Waals surface area (Å²) in [5.74, 6) is -1.12. The van der Waals surface area contributed by atoms with Gasteiger partial charge in [-0.15, -0.1) is 13.2 Å². The molecule has 1 unspecified atom stereocenters. The third-order valence-electron chi connectivity index (χ3n) is 4.85. The van der Waals surface area contributed by atoms with Crippen molar-refractivity contribution in [1.29, 1.82) is 0 Å². The molecule has 1 aliphatic rings. The summed E-state index contributed by atoms with van der Waals surface area (Å²) in [7, 11) is 0. The van der Waals surface area contributed by atoms with Crippen LogP contribution in [0.25, 0.3) is 0 Å². The monoisotopic (exact) mass is 416 g/mol. The molecule has 2 rings (SSSR count). The van der Waals surface area contributed by atoms with Gasteiger partial charge in [0.15, 0.2) is 0 Å². The molecule has 1 heterocycles. The van der Waals surface area contributed by atoms with Gasteiger partial charge in [0.05, 0.1) is 13.0 Å². The van der Waals surface area contributed by atoms with Crippen LogP contribution in [0.2, 0.25) is 0 Å². The molecule has 6 nitrogen and oxygen atoms in total. The lowest BCUT2D eigenvalue weighted by atomic mass is 10.1. The van der Waals surface area contributed by atoms with E-state index in [2.05, 4.69) is 16.6 Å². The molecule has 0 radical (unpaired) electrons. The molecule has 162 valence electrons. The normalized spacial score (nSPS) is 17.2. The number of rotatable bonds is 9. The zero-order chi connectivity index (χ0) is 21.4. The number of likely N-dealkylation sites (tertiary alicyclic amines) is 1. The molecule has 1 aromatic carbocycles. The number of esters is 1. The number of halogens is 3. The fourth-order valence-corrected chi connectivity index (χ4v) is 3.49. The van der Waals surface area contributed by atoms with Gasteiger partial charge in [-0.1, -0.05) is 6.92 Å². The summed E-state index contributed by atoms with van der Waals surface area (Å²) in [4.78, 5) is 28.6. The van der Waals surface area contributed by atoms with Gasteiger partial charge in [0, 0.05) is 24.7 Å². The summed E-state index contributed by atoms with van der Waals surface area (Å²) in [6.45, 7) is 6.50. The first-order valence-corrected chi connectivity index (χ1v) is 9.78. The molecule has 0 aliphatic carbocycles. The van der Waals surface area contributed by atoms with Crippen molar-refractivity contribution in [2.45, 2.75) is 45.5 Å². The molecule has 1 saturated heterocycles. The van der Waals surface area contributed by atoms with Crippen LogP contribution in [-0.4, -0.2) is 66.9 Å². The van der Waals surface area contributed by atoms with E-state index < -0.39 is 12.3 Å². The summed E-state index contributed by atoms with van der Waals surface area (Å²) >= 11 is 0. The Kier molecular flexibility index (Phi) is 8.31. The Morgan fingerprint density at radius 2 is 1.90 bits per heavy atom. The first-order chi connectivity index (χ1) is 13.7. The van der Waals surface area contributed by atoms with Crippen molar-refractivity contribution < 1.29 is 32.2 Å². The van der Waals surface area contributed by atoms with E-state index in [-0.39, 0.29) is 42.8 Å². The van der Waals surface area contributed by atoms with Crippen molar-refractivity contribution in [2.75, 3.05) is 32.8 Å². The lowest BCUT2D eigenvalue weighted by Gasteiger charge is -2.30. The second-order valence-corrected chi connectivity index (χ2v) is 6.80. The average Bonchev–Trinajstić information content (AvgIpc) is 3.11. The van der Waals surface area contributed by atoms with Crippen LogP contribution in [0.15, 0.2) is 24.3 Å². The lowest BCUT2D eigenvalue weighted by molar-refractivity contribution is -0.274. The maximum atomic E-state index is 13.0. The van der Waals surface area contributed by atoms with Gasteiger partial charge in [0.2, 0.25) is 0 Å². The molecule has 0 aromatic heterocycles. The molecule has 9 heteroatoms. The Morgan fingerprint density at radius 3 is 2.48 bits per heavy atom. The maximum absolute atomic E-state index is 13.0. The van der Waals surface area contributed by atoms with Gasteiger partial charge >= 0.3 is 12.3 Å². The van der Waals surface area contributed by atoms with Gasteiger partial charge in [-0.05, 0) is 57.1 Å². The van der Waals surface area contributed by atoms with E-state index in [1.54, 1.807) is 11.8 Å².